The zero-order valence-electron chi connectivity index (χ0n) is 19.3. The lowest BCUT2D eigenvalue weighted by Gasteiger charge is -2.40. The number of nitrogens with one attached hydrogen (secondary N) is 1. The number of carbonyl (C=O) groups is 1. The number of rotatable bonds is 7. The smallest absolute Gasteiger partial charge is 0.223 e. The summed E-state index contributed by atoms with van der Waals surface area (Å²) in [6, 6.07) is 15.6. The molecule has 0 radical (unpaired) electrons. The number of anilines is 2. The van der Waals surface area contributed by atoms with Crippen molar-refractivity contribution in [1.29, 1.82) is 0 Å². The Morgan fingerprint density at radius 1 is 1.00 bits per heavy atom. The van der Waals surface area contributed by atoms with Gasteiger partial charge in [-0.15, -0.1) is 0 Å². The predicted octanol–water partition coefficient (Wildman–Crippen LogP) is 4.06. The summed E-state index contributed by atoms with van der Waals surface area (Å²) in [7, 11) is 4.09. The summed E-state index contributed by atoms with van der Waals surface area (Å²) >= 11 is 0. The molecule has 1 saturated heterocycles. The van der Waals surface area contributed by atoms with E-state index in [9.17, 15) is 9.18 Å². The highest BCUT2D eigenvalue weighted by molar-refractivity contribution is 5.78. The fourth-order valence-electron chi connectivity index (χ4n) is 4.93. The number of amides is 1. The van der Waals surface area contributed by atoms with E-state index in [2.05, 4.69) is 44.3 Å². The summed E-state index contributed by atoms with van der Waals surface area (Å²) in [4.78, 5) is 19.6. The number of hydrogen-bond acceptors (Lipinski definition) is 4. The molecule has 4 rings (SSSR count). The van der Waals surface area contributed by atoms with E-state index in [4.69, 9.17) is 0 Å². The van der Waals surface area contributed by atoms with E-state index in [1.165, 1.54) is 36.2 Å². The third-order valence-corrected chi connectivity index (χ3v) is 6.94. The van der Waals surface area contributed by atoms with E-state index in [1.54, 1.807) is 0 Å². The summed E-state index contributed by atoms with van der Waals surface area (Å²) in [5, 5.41) is 3.26. The first-order valence-corrected chi connectivity index (χ1v) is 11.8. The van der Waals surface area contributed by atoms with E-state index in [0.717, 1.165) is 44.7 Å². The van der Waals surface area contributed by atoms with Gasteiger partial charge in [0, 0.05) is 64.1 Å². The Balaban J connectivity index is 1.44. The van der Waals surface area contributed by atoms with E-state index in [-0.39, 0.29) is 23.7 Å². The molecule has 0 spiro atoms. The van der Waals surface area contributed by atoms with Crippen molar-refractivity contribution >= 4 is 17.3 Å². The molecule has 172 valence electrons. The van der Waals surface area contributed by atoms with Crippen LogP contribution in [-0.2, 0) is 4.79 Å². The van der Waals surface area contributed by atoms with Gasteiger partial charge in [-0.1, -0.05) is 25.0 Å². The summed E-state index contributed by atoms with van der Waals surface area (Å²) in [6.07, 6.45) is 4.37. The standard InChI is InChI=1S/C26H35FN4O/c1-29(2)23-11-7-20(8-12-23)25(19-28-26(32)21-5-3-4-6-21)31-17-15-30(16-18-31)24-13-9-22(27)10-14-24/h7-14,21,25H,3-6,15-19H2,1-2H3,(H,28,32)/t25-/m0/s1. The molecule has 32 heavy (non-hydrogen) atoms. The number of hydrogen-bond donors (Lipinski definition) is 1. The van der Waals surface area contributed by atoms with E-state index in [1.807, 2.05) is 26.2 Å². The van der Waals surface area contributed by atoms with Gasteiger partial charge in [-0.3, -0.25) is 9.69 Å². The van der Waals surface area contributed by atoms with Crippen LogP contribution in [0.1, 0.15) is 37.3 Å². The Labute approximate surface area is 191 Å². The van der Waals surface area contributed by atoms with Crippen molar-refractivity contribution in [3.8, 4) is 0 Å². The normalized spacial score (nSPS) is 18.5. The van der Waals surface area contributed by atoms with Gasteiger partial charge in [-0.25, -0.2) is 4.39 Å². The number of benzene rings is 2. The maximum atomic E-state index is 13.3. The maximum Gasteiger partial charge on any atom is 0.223 e. The Kier molecular flexibility index (Phi) is 7.30. The van der Waals surface area contributed by atoms with Crippen molar-refractivity contribution in [3.63, 3.8) is 0 Å². The molecule has 2 aromatic rings. The fourth-order valence-corrected chi connectivity index (χ4v) is 4.93. The molecule has 1 N–H and O–H groups in total. The van der Waals surface area contributed by atoms with Crippen LogP contribution < -0.4 is 15.1 Å². The first-order valence-electron chi connectivity index (χ1n) is 11.8. The van der Waals surface area contributed by atoms with Crippen molar-refractivity contribution in [2.45, 2.75) is 31.7 Å². The van der Waals surface area contributed by atoms with E-state index >= 15 is 0 Å². The molecule has 1 atom stereocenters. The molecule has 1 heterocycles. The fraction of sp³-hybridized carbons (Fsp3) is 0.500. The number of carbonyl (C=O) groups excluding carboxylic acids is 1. The van der Waals surface area contributed by atoms with Gasteiger partial charge in [-0.05, 0) is 54.8 Å². The highest BCUT2D eigenvalue weighted by atomic mass is 19.1. The maximum absolute atomic E-state index is 13.3. The minimum absolute atomic E-state index is 0.145. The third-order valence-electron chi connectivity index (χ3n) is 6.94. The largest absolute Gasteiger partial charge is 0.378 e. The van der Waals surface area contributed by atoms with Crippen LogP contribution in [0.4, 0.5) is 15.8 Å². The number of nitrogens with zero attached hydrogens (tertiary/aromatic N) is 3. The SMILES string of the molecule is CN(C)c1ccc([C@H](CNC(=O)C2CCCC2)N2CCN(c3ccc(F)cc3)CC2)cc1. The molecule has 1 saturated carbocycles. The van der Waals surface area contributed by atoms with Crippen molar-refractivity contribution in [2.75, 3.05) is 56.6 Å². The van der Waals surface area contributed by atoms with Crippen molar-refractivity contribution in [2.24, 2.45) is 5.92 Å². The summed E-state index contributed by atoms with van der Waals surface area (Å²) in [5.74, 6) is 0.191. The topological polar surface area (TPSA) is 38.8 Å². The minimum atomic E-state index is -0.202. The highest BCUT2D eigenvalue weighted by Crippen LogP contribution is 2.28. The van der Waals surface area contributed by atoms with Gasteiger partial charge < -0.3 is 15.1 Å². The molecular weight excluding hydrogens is 403 g/mol. The average Bonchev–Trinajstić information content (AvgIpc) is 3.36. The molecule has 1 aliphatic heterocycles. The third kappa shape index (κ3) is 5.41. The lowest BCUT2D eigenvalue weighted by molar-refractivity contribution is -0.125. The second-order valence-electron chi connectivity index (χ2n) is 9.23. The monoisotopic (exact) mass is 438 g/mol. The minimum Gasteiger partial charge on any atom is -0.378 e. The molecule has 2 aliphatic rings. The Hall–Kier alpha value is -2.60. The number of halogens is 1. The Morgan fingerprint density at radius 2 is 1.62 bits per heavy atom. The summed E-state index contributed by atoms with van der Waals surface area (Å²) in [5.41, 5.74) is 3.47. The lowest BCUT2D eigenvalue weighted by atomic mass is 10.0. The second kappa shape index (κ2) is 10.3. The first-order chi connectivity index (χ1) is 15.5. The predicted molar refractivity (Wildman–Crippen MR) is 129 cm³/mol. The quantitative estimate of drug-likeness (QED) is 0.708. The Morgan fingerprint density at radius 3 is 2.22 bits per heavy atom. The van der Waals surface area contributed by atoms with Crippen LogP contribution in [0.3, 0.4) is 0 Å². The molecular formula is C26H35FN4O. The van der Waals surface area contributed by atoms with Gasteiger partial charge in [0.15, 0.2) is 0 Å². The van der Waals surface area contributed by atoms with Crippen LogP contribution in [0.25, 0.3) is 0 Å². The van der Waals surface area contributed by atoms with Gasteiger partial charge in [-0.2, -0.15) is 0 Å². The summed E-state index contributed by atoms with van der Waals surface area (Å²) < 4.78 is 13.3. The van der Waals surface area contributed by atoms with Crippen LogP contribution in [0.15, 0.2) is 48.5 Å². The molecule has 5 nitrogen and oxygen atoms in total. The summed E-state index contributed by atoms with van der Waals surface area (Å²) in [6.45, 7) is 4.20. The Bertz CT molecular complexity index is 870. The highest BCUT2D eigenvalue weighted by Gasteiger charge is 2.28. The molecule has 1 amide bonds. The average molecular weight is 439 g/mol. The van der Waals surface area contributed by atoms with Gasteiger partial charge in [0.1, 0.15) is 5.82 Å². The van der Waals surface area contributed by atoms with Crippen LogP contribution >= 0.6 is 0 Å². The molecule has 1 aliphatic carbocycles. The van der Waals surface area contributed by atoms with Crippen molar-refractivity contribution in [3.05, 3.63) is 59.9 Å². The van der Waals surface area contributed by atoms with E-state index in [0.29, 0.717) is 6.54 Å². The number of piperazine rings is 1. The van der Waals surface area contributed by atoms with Crippen molar-refractivity contribution < 1.29 is 9.18 Å². The molecule has 0 unspecified atom stereocenters. The first kappa shape index (κ1) is 22.6. The van der Waals surface area contributed by atoms with Gasteiger partial charge >= 0.3 is 0 Å². The van der Waals surface area contributed by atoms with Crippen LogP contribution in [0.2, 0.25) is 0 Å². The van der Waals surface area contributed by atoms with Crippen LogP contribution in [0.5, 0.6) is 0 Å². The molecule has 2 aromatic carbocycles. The van der Waals surface area contributed by atoms with Gasteiger partial charge in [0.2, 0.25) is 5.91 Å². The molecule has 0 aromatic heterocycles. The van der Waals surface area contributed by atoms with Crippen LogP contribution in [-0.4, -0.2) is 57.6 Å². The van der Waals surface area contributed by atoms with Gasteiger partial charge in [0.05, 0.1) is 6.04 Å². The molecule has 6 heteroatoms. The molecule has 2 fully saturated rings. The van der Waals surface area contributed by atoms with Gasteiger partial charge in [0.25, 0.3) is 0 Å². The van der Waals surface area contributed by atoms with Crippen molar-refractivity contribution in [1.82, 2.24) is 10.2 Å². The lowest BCUT2D eigenvalue weighted by Crippen LogP contribution is -2.50. The van der Waals surface area contributed by atoms with Crippen LogP contribution in [0, 0.1) is 11.7 Å². The zero-order valence-corrected chi connectivity index (χ0v) is 19.3. The zero-order chi connectivity index (χ0) is 22.5. The van der Waals surface area contributed by atoms with E-state index < -0.39 is 0 Å². The second-order valence-corrected chi connectivity index (χ2v) is 9.23. The molecule has 0 bridgehead atoms.